The molecule has 0 saturated heterocycles. The third-order valence-electron chi connectivity index (χ3n) is 3.11. The fraction of sp³-hybridized carbons (Fsp3) is 0.235. The second-order valence-electron chi connectivity index (χ2n) is 4.80. The van der Waals surface area contributed by atoms with Crippen LogP contribution in [-0.2, 0) is 4.74 Å². The lowest BCUT2D eigenvalue weighted by Crippen LogP contribution is -2.31. The molecule has 0 saturated carbocycles. The first-order chi connectivity index (χ1) is 11.2. The van der Waals surface area contributed by atoms with Crippen molar-refractivity contribution >= 4 is 34.4 Å². The summed E-state index contributed by atoms with van der Waals surface area (Å²) in [6.07, 6.45) is 0. The maximum atomic E-state index is 5.21. The first-order valence-corrected chi connectivity index (χ1v) is 7.67. The lowest BCUT2D eigenvalue weighted by Gasteiger charge is -2.11. The fourth-order valence-electron chi connectivity index (χ4n) is 1.92. The van der Waals surface area contributed by atoms with Gasteiger partial charge in [-0.2, -0.15) is 0 Å². The van der Waals surface area contributed by atoms with Gasteiger partial charge in [0, 0.05) is 30.7 Å². The molecule has 0 heterocycles. The maximum Gasteiger partial charge on any atom is 0.170 e. The summed E-state index contributed by atoms with van der Waals surface area (Å²) in [5, 5.41) is 10.1. The molecule has 0 radical (unpaired) electrons. The fourth-order valence-corrected chi connectivity index (χ4v) is 2.14. The summed E-state index contributed by atoms with van der Waals surface area (Å²) in [4.78, 5) is 0. The average Bonchev–Trinajstić information content (AvgIpc) is 2.57. The zero-order valence-electron chi connectivity index (χ0n) is 13.3. The summed E-state index contributed by atoms with van der Waals surface area (Å²) in [6, 6.07) is 15.7. The molecule has 2 aromatic rings. The number of ether oxygens (including phenoxy) is 2. The van der Waals surface area contributed by atoms with E-state index in [1.807, 2.05) is 48.5 Å². The summed E-state index contributed by atoms with van der Waals surface area (Å²) in [5.74, 6) is 0.838. The minimum Gasteiger partial charge on any atom is -0.497 e. The van der Waals surface area contributed by atoms with Gasteiger partial charge in [-0.25, -0.2) is 0 Å². The minimum atomic E-state index is 0.581. The Labute approximate surface area is 142 Å². The third kappa shape index (κ3) is 5.77. The van der Waals surface area contributed by atoms with Crippen molar-refractivity contribution in [2.75, 3.05) is 38.0 Å². The van der Waals surface area contributed by atoms with Gasteiger partial charge in [0.2, 0.25) is 0 Å². The molecule has 0 amide bonds. The Bertz CT molecular complexity index is 615. The summed E-state index contributed by atoms with van der Waals surface area (Å²) in [6.45, 7) is 1.30. The van der Waals surface area contributed by atoms with Crippen LogP contribution in [0.25, 0.3) is 0 Å². The van der Waals surface area contributed by atoms with Gasteiger partial charge in [0.05, 0.1) is 13.7 Å². The van der Waals surface area contributed by atoms with Gasteiger partial charge in [-0.3, -0.25) is 0 Å². The summed E-state index contributed by atoms with van der Waals surface area (Å²) in [7, 11) is 3.31. The maximum absolute atomic E-state index is 5.21. The monoisotopic (exact) mass is 331 g/mol. The standard InChI is InChI=1S/C17H21N3O2S/c1-21-12-11-18-17(23)20-15-5-3-13(4-6-15)19-14-7-9-16(22-2)10-8-14/h3-10,19H,11-12H2,1-2H3,(H2,18,20,23). The van der Waals surface area contributed by atoms with E-state index < -0.39 is 0 Å². The molecule has 0 fully saturated rings. The third-order valence-corrected chi connectivity index (χ3v) is 3.36. The molecule has 3 N–H and O–H groups in total. The SMILES string of the molecule is COCCNC(=S)Nc1ccc(Nc2ccc(OC)cc2)cc1. The Morgan fingerprint density at radius 3 is 2.04 bits per heavy atom. The largest absolute Gasteiger partial charge is 0.497 e. The van der Waals surface area contributed by atoms with Crippen LogP contribution in [0.15, 0.2) is 48.5 Å². The number of benzene rings is 2. The van der Waals surface area contributed by atoms with E-state index in [0.717, 1.165) is 22.8 Å². The van der Waals surface area contributed by atoms with Crippen molar-refractivity contribution in [3.63, 3.8) is 0 Å². The van der Waals surface area contributed by atoms with Crippen LogP contribution in [-0.4, -0.2) is 32.5 Å². The van der Waals surface area contributed by atoms with E-state index in [1.165, 1.54) is 0 Å². The van der Waals surface area contributed by atoms with Crippen molar-refractivity contribution in [2.24, 2.45) is 0 Å². The second-order valence-corrected chi connectivity index (χ2v) is 5.21. The molecule has 2 rings (SSSR count). The van der Waals surface area contributed by atoms with E-state index in [4.69, 9.17) is 21.7 Å². The first-order valence-electron chi connectivity index (χ1n) is 7.26. The van der Waals surface area contributed by atoms with E-state index in [-0.39, 0.29) is 0 Å². The van der Waals surface area contributed by atoms with Crippen molar-refractivity contribution < 1.29 is 9.47 Å². The van der Waals surface area contributed by atoms with Crippen LogP contribution in [0.3, 0.4) is 0 Å². The number of rotatable bonds is 7. The lowest BCUT2D eigenvalue weighted by molar-refractivity contribution is 0.204. The zero-order valence-corrected chi connectivity index (χ0v) is 14.1. The topological polar surface area (TPSA) is 54.5 Å². The van der Waals surface area contributed by atoms with Gasteiger partial charge < -0.3 is 25.4 Å². The highest BCUT2D eigenvalue weighted by Crippen LogP contribution is 2.21. The number of hydrogen-bond donors (Lipinski definition) is 3. The molecule has 0 aliphatic carbocycles. The quantitative estimate of drug-likeness (QED) is 0.534. The van der Waals surface area contributed by atoms with Gasteiger partial charge >= 0.3 is 0 Å². The molecule has 122 valence electrons. The van der Waals surface area contributed by atoms with Crippen LogP contribution in [0, 0.1) is 0 Å². The number of nitrogens with one attached hydrogen (secondary N) is 3. The molecule has 6 heteroatoms. The van der Waals surface area contributed by atoms with Crippen LogP contribution in [0.1, 0.15) is 0 Å². The number of thiocarbonyl (C=S) groups is 1. The van der Waals surface area contributed by atoms with Crippen molar-refractivity contribution in [3.05, 3.63) is 48.5 Å². The van der Waals surface area contributed by atoms with Crippen LogP contribution in [0.5, 0.6) is 5.75 Å². The van der Waals surface area contributed by atoms with Gasteiger partial charge in [-0.05, 0) is 60.7 Å². The Kier molecular flexibility index (Phi) is 6.65. The number of anilines is 3. The van der Waals surface area contributed by atoms with Crippen molar-refractivity contribution in [1.29, 1.82) is 0 Å². The molecule has 23 heavy (non-hydrogen) atoms. The highest BCUT2D eigenvalue weighted by atomic mass is 32.1. The Hall–Kier alpha value is -2.31. The Morgan fingerprint density at radius 2 is 1.48 bits per heavy atom. The normalized spacial score (nSPS) is 10.0. The van der Waals surface area contributed by atoms with Gasteiger partial charge in [-0.15, -0.1) is 0 Å². The highest BCUT2D eigenvalue weighted by Gasteiger charge is 1.99. The number of hydrogen-bond acceptors (Lipinski definition) is 4. The first kappa shape index (κ1) is 17.1. The molecule has 0 aromatic heterocycles. The van der Waals surface area contributed by atoms with E-state index >= 15 is 0 Å². The molecule has 0 unspecified atom stereocenters. The van der Waals surface area contributed by atoms with E-state index in [1.54, 1.807) is 14.2 Å². The van der Waals surface area contributed by atoms with Crippen molar-refractivity contribution in [1.82, 2.24) is 5.32 Å². The molecule has 0 bridgehead atoms. The summed E-state index contributed by atoms with van der Waals surface area (Å²) in [5.41, 5.74) is 2.93. The lowest BCUT2D eigenvalue weighted by atomic mass is 10.2. The Balaban J connectivity index is 1.87. The van der Waals surface area contributed by atoms with Crippen LogP contribution in [0.4, 0.5) is 17.1 Å². The van der Waals surface area contributed by atoms with Gasteiger partial charge in [0.1, 0.15) is 5.75 Å². The van der Waals surface area contributed by atoms with Gasteiger partial charge in [-0.1, -0.05) is 0 Å². The van der Waals surface area contributed by atoms with Gasteiger partial charge in [0.25, 0.3) is 0 Å². The van der Waals surface area contributed by atoms with Crippen LogP contribution >= 0.6 is 12.2 Å². The summed E-state index contributed by atoms with van der Waals surface area (Å²) < 4.78 is 10.1. The minimum absolute atomic E-state index is 0.581. The average molecular weight is 331 g/mol. The molecule has 0 aliphatic rings. The van der Waals surface area contributed by atoms with Crippen LogP contribution in [0.2, 0.25) is 0 Å². The Morgan fingerprint density at radius 1 is 0.913 bits per heavy atom. The molecular formula is C17H21N3O2S. The molecule has 0 atom stereocenters. The predicted octanol–water partition coefficient (Wildman–Crippen LogP) is 3.37. The van der Waals surface area contributed by atoms with Crippen molar-refractivity contribution in [2.45, 2.75) is 0 Å². The zero-order chi connectivity index (χ0) is 16.5. The smallest absolute Gasteiger partial charge is 0.170 e. The van der Waals surface area contributed by atoms with Crippen molar-refractivity contribution in [3.8, 4) is 5.75 Å². The van der Waals surface area contributed by atoms with E-state index in [0.29, 0.717) is 18.3 Å². The van der Waals surface area contributed by atoms with E-state index in [2.05, 4.69) is 16.0 Å². The molecule has 5 nitrogen and oxygen atoms in total. The second kappa shape index (κ2) is 8.97. The highest BCUT2D eigenvalue weighted by molar-refractivity contribution is 7.80. The molecule has 0 spiro atoms. The van der Waals surface area contributed by atoms with E-state index in [9.17, 15) is 0 Å². The number of methoxy groups -OCH3 is 2. The van der Waals surface area contributed by atoms with Crippen LogP contribution < -0.4 is 20.7 Å². The predicted molar refractivity (Wildman–Crippen MR) is 98.8 cm³/mol. The molecule has 2 aromatic carbocycles. The molecule has 0 aliphatic heterocycles. The van der Waals surface area contributed by atoms with Gasteiger partial charge in [0.15, 0.2) is 5.11 Å². The molecular weight excluding hydrogens is 310 g/mol. The summed E-state index contributed by atoms with van der Waals surface area (Å²) >= 11 is 5.21.